The molecule has 0 atom stereocenters. The molecule has 0 amide bonds. The van der Waals surface area contributed by atoms with Crippen LogP contribution >= 0.6 is 23.4 Å². The molecule has 0 radical (unpaired) electrons. The van der Waals surface area contributed by atoms with Crippen molar-refractivity contribution in [2.45, 2.75) is 11.8 Å². The first kappa shape index (κ1) is 10.9. The van der Waals surface area contributed by atoms with Crippen LogP contribution in [0.5, 0.6) is 0 Å². The van der Waals surface area contributed by atoms with E-state index in [2.05, 4.69) is 0 Å². The lowest BCUT2D eigenvalue weighted by Gasteiger charge is -2.03. The molecule has 0 unspecified atom stereocenters. The van der Waals surface area contributed by atoms with Gasteiger partial charge in [-0.2, -0.15) is 0 Å². The molecule has 0 N–H and O–H groups in total. The van der Waals surface area contributed by atoms with Gasteiger partial charge in [0.25, 0.3) is 0 Å². The molecule has 0 saturated heterocycles. The van der Waals surface area contributed by atoms with Gasteiger partial charge in [-0.3, -0.25) is 0 Å². The highest BCUT2D eigenvalue weighted by Crippen LogP contribution is 2.26. The van der Waals surface area contributed by atoms with Crippen LogP contribution in [0.3, 0.4) is 0 Å². The van der Waals surface area contributed by atoms with Crippen LogP contribution < -0.4 is 0 Å². The standard InChI is InChI=1S/C10H13ClOS/c1-2-12-7-8-13-10-6-4-3-5-9(10)11/h3-6H,2,7-8H2,1H3. The van der Waals surface area contributed by atoms with E-state index in [1.807, 2.05) is 31.2 Å². The van der Waals surface area contributed by atoms with Crippen LogP contribution in [0.25, 0.3) is 0 Å². The minimum absolute atomic E-state index is 0.781. The second kappa shape index (κ2) is 6.30. The molecule has 0 aliphatic heterocycles. The van der Waals surface area contributed by atoms with Crippen LogP contribution in [0.4, 0.5) is 0 Å². The van der Waals surface area contributed by atoms with Crippen LogP contribution in [0.2, 0.25) is 5.02 Å². The number of thioether (sulfide) groups is 1. The maximum Gasteiger partial charge on any atom is 0.0560 e. The third-order valence-corrected chi connectivity index (χ3v) is 3.01. The molecule has 0 heterocycles. The summed E-state index contributed by atoms with van der Waals surface area (Å²) in [5.74, 6) is 0.956. The summed E-state index contributed by atoms with van der Waals surface area (Å²) < 4.78 is 5.23. The topological polar surface area (TPSA) is 9.23 Å². The number of hydrogen-bond acceptors (Lipinski definition) is 2. The van der Waals surface area contributed by atoms with Gasteiger partial charge in [-0.05, 0) is 19.1 Å². The van der Waals surface area contributed by atoms with E-state index in [0.29, 0.717) is 0 Å². The molecule has 1 aromatic carbocycles. The SMILES string of the molecule is CCOCCSc1ccccc1Cl. The first-order chi connectivity index (χ1) is 6.34. The fourth-order valence-electron chi connectivity index (χ4n) is 0.917. The van der Waals surface area contributed by atoms with Crippen molar-refractivity contribution in [2.24, 2.45) is 0 Å². The van der Waals surface area contributed by atoms with Crippen molar-refractivity contribution in [3.63, 3.8) is 0 Å². The van der Waals surface area contributed by atoms with Gasteiger partial charge in [0, 0.05) is 17.3 Å². The molecule has 0 aliphatic rings. The second-order valence-electron chi connectivity index (χ2n) is 2.48. The maximum absolute atomic E-state index is 5.98. The van der Waals surface area contributed by atoms with Crippen LogP contribution in [-0.2, 0) is 4.74 Å². The number of ether oxygens (including phenoxy) is 1. The Bertz CT molecular complexity index is 252. The molecule has 0 aliphatic carbocycles. The number of halogens is 1. The summed E-state index contributed by atoms with van der Waals surface area (Å²) in [6.45, 7) is 3.57. The molecule has 13 heavy (non-hydrogen) atoms. The molecule has 1 nitrogen and oxygen atoms in total. The Morgan fingerprint density at radius 3 is 2.85 bits per heavy atom. The van der Waals surface area contributed by atoms with Crippen molar-refractivity contribution >= 4 is 23.4 Å². The first-order valence-electron chi connectivity index (χ1n) is 4.29. The zero-order valence-electron chi connectivity index (χ0n) is 7.63. The molecule has 0 spiro atoms. The van der Waals surface area contributed by atoms with E-state index < -0.39 is 0 Å². The largest absolute Gasteiger partial charge is 0.381 e. The zero-order chi connectivity index (χ0) is 9.52. The van der Waals surface area contributed by atoms with E-state index in [1.165, 1.54) is 0 Å². The number of hydrogen-bond donors (Lipinski definition) is 0. The summed E-state index contributed by atoms with van der Waals surface area (Å²) >= 11 is 7.71. The van der Waals surface area contributed by atoms with Gasteiger partial charge in [0.2, 0.25) is 0 Å². The highest BCUT2D eigenvalue weighted by Gasteiger charge is 1.98. The van der Waals surface area contributed by atoms with Crippen LogP contribution in [0.1, 0.15) is 6.92 Å². The van der Waals surface area contributed by atoms with Gasteiger partial charge in [0.1, 0.15) is 0 Å². The van der Waals surface area contributed by atoms with E-state index in [9.17, 15) is 0 Å². The van der Waals surface area contributed by atoms with E-state index in [0.717, 1.165) is 28.9 Å². The fraction of sp³-hybridized carbons (Fsp3) is 0.400. The quantitative estimate of drug-likeness (QED) is 0.551. The Hall–Kier alpha value is -0.180. The van der Waals surface area contributed by atoms with Gasteiger partial charge in [0.05, 0.1) is 11.6 Å². The van der Waals surface area contributed by atoms with Crippen molar-refractivity contribution in [3.05, 3.63) is 29.3 Å². The van der Waals surface area contributed by atoms with Crippen LogP contribution in [-0.4, -0.2) is 19.0 Å². The predicted octanol–water partition coefficient (Wildman–Crippen LogP) is 3.47. The molecule has 72 valence electrons. The molecule has 1 rings (SSSR count). The Morgan fingerprint density at radius 1 is 1.38 bits per heavy atom. The minimum Gasteiger partial charge on any atom is -0.381 e. The van der Waals surface area contributed by atoms with Crippen molar-refractivity contribution in [2.75, 3.05) is 19.0 Å². The first-order valence-corrected chi connectivity index (χ1v) is 5.66. The zero-order valence-corrected chi connectivity index (χ0v) is 9.20. The smallest absolute Gasteiger partial charge is 0.0560 e. The van der Waals surface area contributed by atoms with Gasteiger partial charge >= 0.3 is 0 Å². The van der Waals surface area contributed by atoms with Gasteiger partial charge in [-0.1, -0.05) is 23.7 Å². The summed E-state index contributed by atoms with van der Waals surface area (Å²) in [6, 6.07) is 7.87. The third-order valence-electron chi connectivity index (χ3n) is 1.53. The third kappa shape index (κ3) is 4.03. The average Bonchev–Trinajstić information content (AvgIpc) is 2.15. The summed E-state index contributed by atoms with van der Waals surface area (Å²) in [5, 5.41) is 0.823. The molecule has 1 aromatic rings. The molecule has 0 bridgehead atoms. The van der Waals surface area contributed by atoms with Crippen molar-refractivity contribution in [3.8, 4) is 0 Å². The van der Waals surface area contributed by atoms with Crippen LogP contribution in [0.15, 0.2) is 29.2 Å². The second-order valence-corrected chi connectivity index (χ2v) is 4.02. The number of rotatable bonds is 5. The van der Waals surface area contributed by atoms with Gasteiger partial charge in [-0.25, -0.2) is 0 Å². The van der Waals surface area contributed by atoms with Crippen molar-refractivity contribution in [1.82, 2.24) is 0 Å². The molecule has 3 heteroatoms. The predicted molar refractivity (Wildman–Crippen MR) is 58.7 cm³/mol. The minimum atomic E-state index is 0.781. The molecule has 0 aromatic heterocycles. The monoisotopic (exact) mass is 216 g/mol. The molecular weight excluding hydrogens is 204 g/mol. The molecular formula is C10H13ClOS. The number of benzene rings is 1. The Morgan fingerprint density at radius 2 is 2.15 bits per heavy atom. The van der Waals surface area contributed by atoms with E-state index in [1.54, 1.807) is 11.8 Å². The van der Waals surface area contributed by atoms with Crippen molar-refractivity contribution < 1.29 is 4.74 Å². The van der Waals surface area contributed by atoms with Gasteiger partial charge < -0.3 is 4.74 Å². The Balaban J connectivity index is 2.32. The fourth-order valence-corrected chi connectivity index (χ4v) is 2.02. The summed E-state index contributed by atoms with van der Waals surface area (Å²) in [7, 11) is 0. The average molecular weight is 217 g/mol. The summed E-state index contributed by atoms with van der Waals surface area (Å²) in [4.78, 5) is 1.13. The summed E-state index contributed by atoms with van der Waals surface area (Å²) in [6.07, 6.45) is 0. The lowest BCUT2D eigenvalue weighted by molar-refractivity contribution is 0.164. The highest BCUT2D eigenvalue weighted by atomic mass is 35.5. The highest BCUT2D eigenvalue weighted by molar-refractivity contribution is 7.99. The van der Waals surface area contributed by atoms with Gasteiger partial charge in [-0.15, -0.1) is 11.8 Å². The normalized spacial score (nSPS) is 10.3. The Labute approximate surface area is 88.4 Å². The molecule has 0 fully saturated rings. The lowest BCUT2D eigenvalue weighted by Crippen LogP contribution is -1.95. The summed E-state index contributed by atoms with van der Waals surface area (Å²) in [5.41, 5.74) is 0. The van der Waals surface area contributed by atoms with E-state index in [-0.39, 0.29) is 0 Å². The maximum atomic E-state index is 5.98. The van der Waals surface area contributed by atoms with Crippen molar-refractivity contribution in [1.29, 1.82) is 0 Å². The Kier molecular flexibility index (Phi) is 5.28. The van der Waals surface area contributed by atoms with E-state index >= 15 is 0 Å². The lowest BCUT2D eigenvalue weighted by atomic mass is 10.4. The van der Waals surface area contributed by atoms with Gasteiger partial charge in [0.15, 0.2) is 0 Å². The van der Waals surface area contributed by atoms with E-state index in [4.69, 9.17) is 16.3 Å². The molecule has 0 saturated carbocycles. The van der Waals surface area contributed by atoms with Crippen LogP contribution in [0, 0.1) is 0 Å².